The van der Waals surface area contributed by atoms with Gasteiger partial charge in [-0.2, -0.15) is 0 Å². The molecule has 0 aromatic heterocycles. The molecule has 1 aromatic carbocycles. The van der Waals surface area contributed by atoms with Gasteiger partial charge in [0.25, 0.3) is 0 Å². The van der Waals surface area contributed by atoms with Gasteiger partial charge in [-0.25, -0.2) is 4.39 Å². The third-order valence-corrected chi connectivity index (χ3v) is 3.29. The van der Waals surface area contributed by atoms with Crippen LogP contribution in [0, 0.1) is 11.7 Å². The Morgan fingerprint density at radius 3 is 3.06 bits per heavy atom. The molecule has 1 aliphatic rings. The number of nitrogens with one attached hydrogen (secondary N) is 1. The van der Waals surface area contributed by atoms with Crippen molar-refractivity contribution in [3.63, 3.8) is 0 Å². The highest BCUT2D eigenvalue weighted by atomic mass is 35.5. The molecule has 1 heterocycles. The van der Waals surface area contributed by atoms with Crippen LogP contribution in [0.4, 0.5) is 4.39 Å². The molecule has 2 atom stereocenters. The number of benzene rings is 1. The highest BCUT2D eigenvalue weighted by Gasteiger charge is 2.23. The second kappa shape index (κ2) is 5.13. The summed E-state index contributed by atoms with van der Waals surface area (Å²) < 4.78 is 13.5. The van der Waals surface area contributed by atoms with E-state index in [1.807, 2.05) is 0 Å². The summed E-state index contributed by atoms with van der Waals surface area (Å²) in [4.78, 5) is 0. The lowest BCUT2D eigenvalue weighted by Crippen LogP contribution is -2.40. The van der Waals surface area contributed by atoms with E-state index in [2.05, 4.69) is 5.32 Å². The van der Waals surface area contributed by atoms with Crippen molar-refractivity contribution in [2.75, 3.05) is 13.1 Å². The summed E-state index contributed by atoms with van der Waals surface area (Å²) in [6.07, 6.45) is 0.910. The van der Waals surface area contributed by atoms with E-state index < -0.39 is 0 Å². The van der Waals surface area contributed by atoms with Crippen molar-refractivity contribution in [1.82, 2.24) is 5.32 Å². The molecule has 4 heteroatoms. The molecule has 1 aliphatic heterocycles. The molecule has 2 nitrogen and oxygen atoms in total. The largest absolute Gasteiger partial charge is 0.393 e. The number of hydrogen-bond acceptors (Lipinski definition) is 2. The Bertz CT molecular complexity index is 372. The van der Waals surface area contributed by atoms with E-state index in [1.54, 1.807) is 6.07 Å². The zero-order valence-electron chi connectivity index (χ0n) is 8.92. The lowest BCUT2D eigenvalue weighted by molar-refractivity contribution is 0.0787. The lowest BCUT2D eigenvalue weighted by atomic mass is 9.89. The van der Waals surface area contributed by atoms with Crippen molar-refractivity contribution in [3.05, 3.63) is 34.6 Å². The summed E-state index contributed by atoms with van der Waals surface area (Å²) >= 11 is 5.83. The van der Waals surface area contributed by atoms with Crippen molar-refractivity contribution >= 4 is 11.6 Å². The molecule has 2 rings (SSSR count). The molecule has 0 radical (unpaired) electrons. The first-order valence-electron chi connectivity index (χ1n) is 5.49. The average molecular weight is 244 g/mol. The summed E-state index contributed by atoms with van der Waals surface area (Å²) in [6, 6.07) is 4.55. The van der Waals surface area contributed by atoms with Gasteiger partial charge in [-0.15, -0.1) is 0 Å². The van der Waals surface area contributed by atoms with Crippen LogP contribution in [0.25, 0.3) is 0 Å². The van der Waals surface area contributed by atoms with Gasteiger partial charge in [0.15, 0.2) is 0 Å². The van der Waals surface area contributed by atoms with Crippen LogP contribution in [-0.4, -0.2) is 24.3 Å². The van der Waals surface area contributed by atoms with Crippen LogP contribution in [0.2, 0.25) is 5.02 Å². The van der Waals surface area contributed by atoms with E-state index in [9.17, 15) is 9.50 Å². The van der Waals surface area contributed by atoms with Gasteiger partial charge >= 0.3 is 0 Å². The van der Waals surface area contributed by atoms with Gasteiger partial charge in [-0.1, -0.05) is 11.6 Å². The summed E-state index contributed by atoms with van der Waals surface area (Å²) in [7, 11) is 0. The van der Waals surface area contributed by atoms with E-state index in [-0.39, 0.29) is 17.8 Å². The van der Waals surface area contributed by atoms with Gasteiger partial charge in [0, 0.05) is 17.5 Å². The monoisotopic (exact) mass is 243 g/mol. The normalized spacial score (nSPS) is 25.7. The first-order valence-corrected chi connectivity index (χ1v) is 5.87. The summed E-state index contributed by atoms with van der Waals surface area (Å²) in [6.45, 7) is 1.56. The smallest absolute Gasteiger partial charge is 0.126 e. The summed E-state index contributed by atoms with van der Waals surface area (Å²) in [5, 5.41) is 13.5. The Morgan fingerprint density at radius 2 is 2.31 bits per heavy atom. The molecule has 0 aliphatic carbocycles. The van der Waals surface area contributed by atoms with Crippen LogP contribution in [0.5, 0.6) is 0 Å². The number of halogens is 2. The first-order chi connectivity index (χ1) is 7.66. The molecule has 16 heavy (non-hydrogen) atoms. The molecule has 88 valence electrons. The maximum absolute atomic E-state index is 13.5. The van der Waals surface area contributed by atoms with Crippen LogP contribution in [0.1, 0.15) is 12.0 Å². The van der Waals surface area contributed by atoms with Crippen LogP contribution in [-0.2, 0) is 6.42 Å². The Kier molecular flexibility index (Phi) is 3.79. The standard InChI is InChI=1S/C12H15ClFNO/c13-10-1-2-11(14)8(6-10)5-9-7-15-4-3-12(9)16/h1-2,6,9,12,15-16H,3-5,7H2. The fraction of sp³-hybridized carbons (Fsp3) is 0.500. The molecule has 0 spiro atoms. The van der Waals surface area contributed by atoms with Crippen molar-refractivity contribution in [3.8, 4) is 0 Å². The lowest BCUT2D eigenvalue weighted by Gasteiger charge is -2.28. The topological polar surface area (TPSA) is 32.3 Å². The van der Waals surface area contributed by atoms with Crippen LogP contribution in [0.3, 0.4) is 0 Å². The molecule has 1 aromatic rings. The quantitative estimate of drug-likeness (QED) is 0.833. The third-order valence-electron chi connectivity index (χ3n) is 3.06. The van der Waals surface area contributed by atoms with Crippen LogP contribution >= 0.6 is 11.6 Å². The number of piperidine rings is 1. The summed E-state index contributed by atoms with van der Waals surface area (Å²) in [5.41, 5.74) is 0.584. The van der Waals surface area contributed by atoms with Crippen molar-refractivity contribution in [2.24, 2.45) is 5.92 Å². The minimum atomic E-state index is -0.348. The molecule has 2 unspecified atom stereocenters. The van der Waals surface area contributed by atoms with E-state index in [1.165, 1.54) is 12.1 Å². The van der Waals surface area contributed by atoms with Gasteiger partial charge in [0.05, 0.1) is 6.10 Å². The Morgan fingerprint density at radius 1 is 1.50 bits per heavy atom. The van der Waals surface area contributed by atoms with Gasteiger partial charge in [-0.3, -0.25) is 0 Å². The molecular weight excluding hydrogens is 229 g/mol. The van der Waals surface area contributed by atoms with Gasteiger partial charge in [0.1, 0.15) is 5.82 Å². The second-order valence-electron chi connectivity index (χ2n) is 4.26. The SMILES string of the molecule is OC1CCNCC1Cc1cc(Cl)ccc1F. The molecular formula is C12H15ClFNO. The fourth-order valence-electron chi connectivity index (χ4n) is 2.10. The number of aliphatic hydroxyl groups excluding tert-OH is 1. The van der Waals surface area contributed by atoms with Crippen molar-refractivity contribution < 1.29 is 9.50 Å². The van der Waals surface area contributed by atoms with Gasteiger partial charge in [-0.05, 0) is 43.1 Å². The molecule has 0 saturated carbocycles. The van der Waals surface area contributed by atoms with Crippen LogP contribution in [0.15, 0.2) is 18.2 Å². The van der Waals surface area contributed by atoms with E-state index in [0.29, 0.717) is 17.0 Å². The minimum Gasteiger partial charge on any atom is -0.393 e. The molecule has 2 N–H and O–H groups in total. The number of rotatable bonds is 2. The zero-order valence-corrected chi connectivity index (χ0v) is 9.67. The number of hydrogen-bond donors (Lipinski definition) is 2. The van der Waals surface area contributed by atoms with Crippen molar-refractivity contribution in [2.45, 2.75) is 18.9 Å². The molecule has 1 saturated heterocycles. The Labute approximate surface area is 99.4 Å². The predicted octanol–water partition coefficient (Wildman–Crippen LogP) is 1.99. The second-order valence-corrected chi connectivity index (χ2v) is 4.70. The molecule has 0 amide bonds. The van der Waals surface area contributed by atoms with Crippen molar-refractivity contribution in [1.29, 1.82) is 0 Å². The summed E-state index contributed by atoms with van der Waals surface area (Å²) in [5.74, 6) is -0.177. The van der Waals surface area contributed by atoms with Gasteiger partial charge in [0.2, 0.25) is 0 Å². The Hall–Kier alpha value is -0.640. The highest BCUT2D eigenvalue weighted by molar-refractivity contribution is 6.30. The molecule has 0 bridgehead atoms. The minimum absolute atomic E-state index is 0.0710. The van der Waals surface area contributed by atoms with E-state index >= 15 is 0 Å². The maximum Gasteiger partial charge on any atom is 0.126 e. The first kappa shape index (κ1) is 11.8. The number of aliphatic hydroxyl groups is 1. The zero-order chi connectivity index (χ0) is 11.5. The maximum atomic E-state index is 13.5. The predicted molar refractivity (Wildman–Crippen MR) is 62.1 cm³/mol. The third kappa shape index (κ3) is 2.73. The van der Waals surface area contributed by atoms with E-state index in [4.69, 9.17) is 11.6 Å². The van der Waals surface area contributed by atoms with Crippen LogP contribution < -0.4 is 5.32 Å². The molecule has 1 fully saturated rings. The average Bonchev–Trinajstić information content (AvgIpc) is 2.27. The highest BCUT2D eigenvalue weighted by Crippen LogP contribution is 2.21. The van der Waals surface area contributed by atoms with Gasteiger partial charge < -0.3 is 10.4 Å². The fourth-order valence-corrected chi connectivity index (χ4v) is 2.29. The van der Waals surface area contributed by atoms with E-state index in [0.717, 1.165) is 19.5 Å². The Balaban J connectivity index is 2.10.